The number of hydrogen-bond acceptors (Lipinski definition) is 4. The van der Waals surface area contributed by atoms with Crippen molar-refractivity contribution < 1.29 is 9.94 Å². The fourth-order valence-electron chi connectivity index (χ4n) is 2.09. The minimum Gasteiger partial charge on any atom is -0.409 e. The summed E-state index contributed by atoms with van der Waals surface area (Å²) >= 11 is 0. The van der Waals surface area contributed by atoms with Gasteiger partial charge in [-0.3, -0.25) is 0 Å². The van der Waals surface area contributed by atoms with Crippen LogP contribution in [-0.2, 0) is 4.74 Å². The van der Waals surface area contributed by atoms with Crippen molar-refractivity contribution in [3.8, 4) is 0 Å². The summed E-state index contributed by atoms with van der Waals surface area (Å²) in [4.78, 5) is 0. The van der Waals surface area contributed by atoms with E-state index in [1.165, 1.54) is 0 Å². The minimum absolute atomic E-state index is 0.204. The van der Waals surface area contributed by atoms with Gasteiger partial charge in [0.05, 0.1) is 6.61 Å². The normalized spacial score (nSPS) is 20.1. The second-order valence-electron chi connectivity index (χ2n) is 5.66. The summed E-state index contributed by atoms with van der Waals surface area (Å²) in [6.07, 6.45) is 2.97. The van der Waals surface area contributed by atoms with Gasteiger partial charge < -0.3 is 21.0 Å². The summed E-state index contributed by atoms with van der Waals surface area (Å²) in [6, 6.07) is 0.370. The van der Waals surface area contributed by atoms with Gasteiger partial charge in [0.2, 0.25) is 0 Å². The zero-order valence-corrected chi connectivity index (χ0v) is 11.8. The maximum Gasteiger partial charge on any atom is 0.139 e. The van der Waals surface area contributed by atoms with Gasteiger partial charge in [0, 0.05) is 25.6 Å². The Hall–Kier alpha value is -0.810. The third-order valence-corrected chi connectivity index (χ3v) is 3.69. The molecule has 0 bridgehead atoms. The van der Waals surface area contributed by atoms with Crippen LogP contribution in [0.15, 0.2) is 5.16 Å². The Morgan fingerprint density at radius 3 is 2.61 bits per heavy atom. The molecule has 0 spiro atoms. The molecule has 1 aliphatic carbocycles. The number of nitrogens with zero attached hydrogens (tertiary/aromatic N) is 1. The first-order chi connectivity index (χ1) is 8.53. The Morgan fingerprint density at radius 2 is 2.17 bits per heavy atom. The van der Waals surface area contributed by atoms with E-state index in [-0.39, 0.29) is 5.41 Å². The van der Waals surface area contributed by atoms with Crippen LogP contribution in [0, 0.1) is 11.3 Å². The molecule has 1 saturated carbocycles. The first-order valence-electron chi connectivity index (χ1n) is 6.80. The average Bonchev–Trinajstić information content (AvgIpc) is 3.08. The van der Waals surface area contributed by atoms with E-state index in [1.807, 2.05) is 6.92 Å². The molecule has 5 heteroatoms. The monoisotopic (exact) mass is 257 g/mol. The lowest BCUT2D eigenvalue weighted by atomic mass is 9.99. The van der Waals surface area contributed by atoms with Gasteiger partial charge in [-0.25, -0.2) is 0 Å². The van der Waals surface area contributed by atoms with Crippen molar-refractivity contribution in [3.63, 3.8) is 0 Å². The number of oxime groups is 1. The van der Waals surface area contributed by atoms with Crippen LogP contribution >= 0.6 is 0 Å². The Morgan fingerprint density at radius 1 is 1.50 bits per heavy atom. The molecule has 1 aliphatic rings. The van der Waals surface area contributed by atoms with Gasteiger partial charge in [-0.1, -0.05) is 19.0 Å². The molecule has 1 unspecified atom stereocenters. The number of hydrogen-bond donors (Lipinski definition) is 3. The van der Waals surface area contributed by atoms with Crippen LogP contribution < -0.4 is 11.1 Å². The fourth-order valence-corrected chi connectivity index (χ4v) is 2.09. The minimum atomic E-state index is 0.204. The molecular weight excluding hydrogens is 230 g/mol. The molecule has 18 heavy (non-hydrogen) atoms. The highest BCUT2D eigenvalue weighted by Crippen LogP contribution is 2.48. The predicted molar refractivity (Wildman–Crippen MR) is 72.8 cm³/mol. The van der Waals surface area contributed by atoms with Crippen LogP contribution in [0.3, 0.4) is 0 Å². The number of nitrogens with two attached hydrogens (primary N) is 1. The first kappa shape index (κ1) is 15.2. The Bertz CT molecular complexity index is 275. The number of rotatable bonds is 9. The lowest BCUT2D eigenvalue weighted by Gasteiger charge is -2.25. The molecule has 1 fully saturated rings. The molecule has 0 aromatic heterocycles. The molecule has 0 aromatic rings. The van der Waals surface area contributed by atoms with Crippen molar-refractivity contribution in [3.05, 3.63) is 0 Å². The van der Waals surface area contributed by atoms with Gasteiger partial charge in [0.25, 0.3) is 0 Å². The quantitative estimate of drug-likeness (QED) is 0.253. The average molecular weight is 257 g/mol. The van der Waals surface area contributed by atoms with Gasteiger partial charge in [0.15, 0.2) is 0 Å². The Balaban J connectivity index is 2.37. The second-order valence-corrected chi connectivity index (χ2v) is 5.66. The second kappa shape index (κ2) is 6.95. The molecule has 0 saturated heterocycles. The van der Waals surface area contributed by atoms with E-state index in [0.29, 0.717) is 24.2 Å². The van der Waals surface area contributed by atoms with E-state index in [9.17, 15) is 0 Å². The van der Waals surface area contributed by atoms with Gasteiger partial charge in [-0.2, -0.15) is 0 Å². The molecule has 0 radical (unpaired) electrons. The molecule has 0 heterocycles. The maximum atomic E-state index is 8.63. The van der Waals surface area contributed by atoms with E-state index in [4.69, 9.17) is 15.7 Å². The summed E-state index contributed by atoms with van der Waals surface area (Å²) in [7, 11) is 0. The highest BCUT2D eigenvalue weighted by Gasteiger charge is 2.43. The van der Waals surface area contributed by atoms with Crippen molar-refractivity contribution in [1.29, 1.82) is 0 Å². The zero-order chi connectivity index (χ0) is 13.6. The van der Waals surface area contributed by atoms with Gasteiger partial charge in [0.1, 0.15) is 5.84 Å². The highest BCUT2D eigenvalue weighted by atomic mass is 16.5. The standard InChI is InChI=1S/C13H27N3O2/c1-4-18-8-11(10(2)3)15-9-13(5-6-13)7-12(14)16-17/h10-11,15,17H,4-9H2,1-3H3,(H2,14,16). The lowest BCUT2D eigenvalue weighted by Crippen LogP contribution is -2.41. The molecule has 1 atom stereocenters. The molecule has 4 N–H and O–H groups in total. The van der Waals surface area contributed by atoms with Crippen LogP contribution in [0.5, 0.6) is 0 Å². The summed E-state index contributed by atoms with van der Waals surface area (Å²) in [5.74, 6) is 0.872. The number of ether oxygens (including phenoxy) is 1. The van der Waals surface area contributed by atoms with Gasteiger partial charge in [-0.15, -0.1) is 0 Å². The van der Waals surface area contributed by atoms with Crippen molar-refractivity contribution in [2.24, 2.45) is 22.2 Å². The van der Waals surface area contributed by atoms with E-state index >= 15 is 0 Å². The largest absolute Gasteiger partial charge is 0.409 e. The van der Waals surface area contributed by atoms with E-state index in [0.717, 1.165) is 32.6 Å². The topological polar surface area (TPSA) is 79.9 Å². The number of amidine groups is 1. The summed E-state index contributed by atoms with van der Waals surface area (Å²) in [5, 5.41) is 15.3. The predicted octanol–water partition coefficient (Wildman–Crippen LogP) is 1.55. The first-order valence-corrected chi connectivity index (χ1v) is 6.80. The van der Waals surface area contributed by atoms with Crippen LogP contribution in [0.2, 0.25) is 0 Å². The Labute approximate surface area is 110 Å². The van der Waals surface area contributed by atoms with Crippen molar-refractivity contribution in [2.75, 3.05) is 19.8 Å². The van der Waals surface area contributed by atoms with Gasteiger partial charge >= 0.3 is 0 Å². The molecule has 0 aliphatic heterocycles. The molecule has 106 valence electrons. The SMILES string of the molecule is CCOCC(NCC1(CC(N)=NO)CC1)C(C)C. The molecule has 5 nitrogen and oxygen atoms in total. The summed E-state index contributed by atoms with van der Waals surface area (Å²) in [5.41, 5.74) is 5.80. The molecular formula is C13H27N3O2. The van der Waals surface area contributed by atoms with Crippen LogP contribution in [0.25, 0.3) is 0 Å². The maximum absolute atomic E-state index is 8.63. The van der Waals surface area contributed by atoms with E-state index < -0.39 is 0 Å². The third kappa shape index (κ3) is 4.82. The highest BCUT2D eigenvalue weighted by molar-refractivity contribution is 5.80. The van der Waals surface area contributed by atoms with E-state index in [2.05, 4.69) is 24.3 Å². The third-order valence-electron chi connectivity index (χ3n) is 3.69. The van der Waals surface area contributed by atoms with Gasteiger partial charge in [-0.05, 0) is 31.1 Å². The van der Waals surface area contributed by atoms with Crippen LogP contribution in [0.1, 0.15) is 40.0 Å². The molecule has 1 rings (SSSR count). The van der Waals surface area contributed by atoms with Crippen molar-refractivity contribution in [2.45, 2.75) is 46.1 Å². The summed E-state index contributed by atoms with van der Waals surface area (Å²) in [6.45, 7) is 8.81. The Kier molecular flexibility index (Phi) is 5.88. The van der Waals surface area contributed by atoms with Crippen LogP contribution in [-0.4, -0.2) is 36.8 Å². The van der Waals surface area contributed by atoms with Crippen molar-refractivity contribution in [1.82, 2.24) is 5.32 Å². The molecule has 0 amide bonds. The van der Waals surface area contributed by atoms with Crippen molar-refractivity contribution >= 4 is 5.84 Å². The van der Waals surface area contributed by atoms with Crippen LogP contribution in [0.4, 0.5) is 0 Å². The summed E-state index contributed by atoms with van der Waals surface area (Å²) < 4.78 is 5.49. The lowest BCUT2D eigenvalue weighted by molar-refractivity contribution is 0.106. The number of nitrogens with one attached hydrogen (secondary N) is 1. The zero-order valence-electron chi connectivity index (χ0n) is 11.8. The molecule has 0 aromatic carbocycles. The fraction of sp³-hybridized carbons (Fsp3) is 0.923. The smallest absolute Gasteiger partial charge is 0.139 e. The van der Waals surface area contributed by atoms with E-state index in [1.54, 1.807) is 0 Å².